The van der Waals surface area contributed by atoms with Crippen LogP contribution in [0.2, 0.25) is 5.02 Å². The summed E-state index contributed by atoms with van der Waals surface area (Å²) in [5.74, 6) is -0.833. The van der Waals surface area contributed by atoms with Gasteiger partial charge in [-0.05, 0) is 72.3 Å². The summed E-state index contributed by atoms with van der Waals surface area (Å²) in [6.45, 7) is -0.328. The van der Waals surface area contributed by atoms with Crippen molar-refractivity contribution >= 4 is 62.8 Å². The second kappa shape index (κ2) is 10.8. The molecule has 0 bridgehead atoms. The molecule has 0 atom stereocenters. The number of nitrogens with one attached hydrogen (secondary N) is 2. The lowest BCUT2D eigenvalue weighted by molar-refractivity contribution is -0.118. The predicted octanol–water partition coefficient (Wildman–Crippen LogP) is 5.37. The molecule has 0 spiro atoms. The van der Waals surface area contributed by atoms with E-state index in [9.17, 15) is 18.8 Å². The molecule has 3 aromatic rings. The van der Waals surface area contributed by atoms with Crippen molar-refractivity contribution in [3.05, 3.63) is 87.2 Å². The zero-order valence-electron chi connectivity index (χ0n) is 18.7. The summed E-state index contributed by atoms with van der Waals surface area (Å²) >= 11 is 9.31. The van der Waals surface area contributed by atoms with Gasteiger partial charge in [-0.3, -0.25) is 9.59 Å². The zero-order chi connectivity index (χ0) is 25.8. The highest BCUT2D eigenvalue weighted by Gasteiger charge is 2.35. The van der Waals surface area contributed by atoms with Gasteiger partial charge in [0.25, 0.3) is 11.8 Å². The fraction of sp³-hybridized carbons (Fsp3) is 0.0800. The third-order valence-electron chi connectivity index (χ3n) is 5.03. The second-order valence-electron chi connectivity index (χ2n) is 7.47. The van der Waals surface area contributed by atoms with E-state index in [1.165, 1.54) is 37.5 Å². The Morgan fingerprint density at radius 3 is 2.47 bits per heavy atom. The van der Waals surface area contributed by atoms with Gasteiger partial charge in [0, 0.05) is 15.2 Å². The van der Waals surface area contributed by atoms with Gasteiger partial charge in [-0.25, -0.2) is 14.1 Å². The maximum atomic E-state index is 13.0. The average molecular weight is 575 g/mol. The number of imide groups is 1. The Hall–Kier alpha value is -3.89. The van der Waals surface area contributed by atoms with Crippen LogP contribution in [-0.2, 0) is 9.59 Å². The molecule has 0 unspecified atom stereocenters. The van der Waals surface area contributed by atoms with E-state index in [1.54, 1.807) is 36.4 Å². The molecule has 0 radical (unpaired) electrons. The number of nitrogens with zero attached hydrogens (tertiary/aromatic N) is 1. The Labute approximate surface area is 218 Å². The molecule has 2 N–H and O–H groups in total. The summed E-state index contributed by atoms with van der Waals surface area (Å²) in [6.07, 6.45) is 1.49. The van der Waals surface area contributed by atoms with Crippen molar-refractivity contribution in [2.45, 2.75) is 0 Å². The number of rotatable bonds is 7. The van der Waals surface area contributed by atoms with Gasteiger partial charge in [-0.1, -0.05) is 27.5 Å². The number of anilines is 2. The largest absolute Gasteiger partial charge is 0.493 e. The normalized spacial score (nSPS) is 14.1. The number of amides is 4. The Morgan fingerprint density at radius 1 is 1.11 bits per heavy atom. The number of carbonyl (C=O) groups is 3. The molecule has 0 aliphatic carbocycles. The predicted molar refractivity (Wildman–Crippen MR) is 137 cm³/mol. The van der Waals surface area contributed by atoms with Crippen molar-refractivity contribution in [1.82, 2.24) is 5.32 Å². The molecule has 8 nitrogen and oxygen atoms in total. The summed E-state index contributed by atoms with van der Waals surface area (Å²) in [5.41, 5.74) is 1.39. The molecular formula is C25H18BrClFN3O5. The number of hydrogen-bond donors (Lipinski definition) is 2. The molecule has 1 heterocycles. The lowest BCUT2D eigenvalue weighted by atomic mass is 10.1. The van der Waals surface area contributed by atoms with Crippen molar-refractivity contribution in [3.63, 3.8) is 0 Å². The van der Waals surface area contributed by atoms with E-state index in [0.717, 1.165) is 4.90 Å². The zero-order valence-corrected chi connectivity index (χ0v) is 21.0. The van der Waals surface area contributed by atoms with Crippen LogP contribution in [0.15, 0.2) is 70.8 Å². The molecule has 1 fully saturated rings. The van der Waals surface area contributed by atoms with Crippen molar-refractivity contribution in [1.29, 1.82) is 0 Å². The van der Waals surface area contributed by atoms with Gasteiger partial charge in [0.15, 0.2) is 18.1 Å². The first-order valence-electron chi connectivity index (χ1n) is 10.4. The summed E-state index contributed by atoms with van der Waals surface area (Å²) in [6, 6.07) is 14.2. The number of halogens is 3. The number of carbonyl (C=O) groups excluding carboxylic acids is 3. The minimum Gasteiger partial charge on any atom is -0.493 e. The van der Waals surface area contributed by atoms with Crippen LogP contribution in [0.5, 0.6) is 11.5 Å². The molecular weight excluding hydrogens is 557 g/mol. The maximum Gasteiger partial charge on any atom is 0.333 e. The average Bonchev–Trinajstić information content (AvgIpc) is 3.13. The van der Waals surface area contributed by atoms with Crippen molar-refractivity contribution < 1.29 is 28.2 Å². The van der Waals surface area contributed by atoms with E-state index in [4.69, 9.17) is 21.1 Å². The van der Waals surface area contributed by atoms with E-state index in [0.29, 0.717) is 32.2 Å². The first kappa shape index (κ1) is 25.2. The minimum atomic E-state index is -0.594. The molecule has 184 valence electrons. The number of hydrogen-bond acceptors (Lipinski definition) is 5. The van der Waals surface area contributed by atoms with Gasteiger partial charge in [-0.2, -0.15) is 0 Å². The van der Waals surface area contributed by atoms with Crippen LogP contribution < -0.4 is 25.0 Å². The first-order chi connectivity index (χ1) is 17.2. The summed E-state index contributed by atoms with van der Waals surface area (Å²) in [5, 5.41) is 5.64. The van der Waals surface area contributed by atoms with Crippen LogP contribution in [0.3, 0.4) is 0 Å². The van der Waals surface area contributed by atoms with Crippen LogP contribution in [0.25, 0.3) is 6.08 Å². The van der Waals surface area contributed by atoms with E-state index in [-0.39, 0.29) is 18.1 Å². The number of methoxy groups -OCH3 is 1. The number of benzene rings is 3. The summed E-state index contributed by atoms with van der Waals surface area (Å²) < 4.78 is 24.5. The van der Waals surface area contributed by atoms with Crippen molar-refractivity contribution in [2.75, 3.05) is 23.9 Å². The number of ether oxygens (including phenoxy) is 2. The van der Waals surface area contributed by atoms with Gasteiger partial charge in [0.05, 0.1) is 12.8 Å². The van der Waals surface area contributed by atoms with Gasteiger partial charge in [0.1, 0.15) is 11.5 Å². The molecule has 1 aliphatic heterocycles. The van der Waals surface area contributed by atoms with Crippen molar-refractivity contribution in [3.8, 4) is 11.5 Å². The summed E-state index contributed by atoms with van der Waals surface area (Å²) in [4.78, 5) is 38.5. The Bertz CT molecular complexity index is 1360. The standard InChI is InChI=1S/C25H18BrClFN3O5/c1-35-21-11-14(10-20-24(33)31(25(34)30-20)18-8-2-15(27)3-9-18)19(26)12-22(21)36-13-23(32)29-17-6-4-16(28)5-7-17/h2-12H,13H2,1H3,(H,29,32)(H,30,34)/b20-10+. The molecule has 3 aromatic carbocycles. The highest BCUT2D eigenvalue weighted by atomic mass is 79.9. The Kier molecular flexibility index (Phi) is 7.56. The van der Waals surface area contributed by atoms with Crippen molar-refractivity contribution in [2.24, 2.45) is 0 Å². The van der Waals surface area contributed by atoms with Gasteiger partial charge >= 0.3 is 6.03 Å². The van der Waals surface area contributed by atoms with Crippen LogP contribution >= 0.6 is 27.5 Å². The van der Waals surface area contributed by atoms with Gasteiger partial charge in [0.2, 0.25) is 0 Å². The Balaban J connectivity index is 1.49. The maximum absolute atomic E-state index is 13.0. The molecule has 11 heteroatoms. The fourth-order valence-electron chi connectivity index (χ4n) is 3.32. The van der Waals surface area contributed by atoms with E-state index in [1.807, 2.05) is 0 Å². The third-order valence-corrected chi connectivity index (χ3v) is 5.97. The quantitative estimate of drug-likeness (QED) is 0.292. The van der Waals surface area contributed by atoms with E-state index in [2.05, 4.69) is 26.6 Å². The highest BCUT2D eigenvalue weighted by Crippen LogP contribution is 2.35. The molecule has 1 aliphatic rings. The van der Waals surface area contributed by atoms with Gasteiger partial charge in [-0.15, -0.1) is 0 Å². The minimum absolute atomic E-state index is 0.0602. The second-order valence-corrected chi connectivity index (χ2v) is 8.76. The topological polar surface area (TPSA) is 97.0 Å². The van der Waals surface area contributed by atoms with Gasteiger partial charge < -0.3 is 20.1 Å². The molecule has 4 rings (SSSR count). The van der Waals surface area contributed by atoms with Crippen LogP contribution in [0, 0.1) is 5.82 Å². The lowest BCUT2D eigenvalue weighted by Gasteiger charge is -2.13. The van der Waals surface area contributed by atoms with Crippen LogP contribution in [0.4, 0.5) is 20.6 Å². The van der Waals surface area contributed by atoms with E-state index >= 15 is 0 Å². The molecule has 4 amide bonds. The lowest BCUT2D eigenvalue weighted by Crippen LogP contribution is -2.30. The van der Waals surface area contributed by atoms with Crippen LogP contribution in [0.1, 0.15) is 5.56 Å². The molecule has 0 aromatic heterocycles. The molecule has 1 saturated heterocycles. The third kappa shape index (κ3) is 5.67. The SMILES string of the molecule is COc1cc(/C=C2/NC(=O)N(c3ccc(Cl)cc3)C2=O)c(Br)cc1OCC(=O)Nc1ccc(F)cc1. The first-order valence-corrected chi connectivity index (χ1v) is 11.6. The highest BCUT2D eigenvalue weighted by molar-refractivity contribution is 9.10. The van der Waals surface area contributed by atoms with E-state index < -0.39 is 23.7 Å². The fourth-order valence-corrected chi connectivity index (χ4v) is 3.89. The monoisotopic (exact) mass is 573 g/mol. The summed E-state index contributed by atoms with van der Waals surface area (Å²) in [7, 11) is 1.43. The smallest absolute Gasteiger partial charge is 0.333 e. The molecule has 0 saturated carbocycles. The number of urea groups is 1. The van der Waals surface area contributed by atoms with Crippen LogP contribution in [-0.4, -0.2) is 31.6 Å². The Morgan fingerprint density at radius 2 is 1.81 bits per heavy atom. The molecule has 36 heavy (non-hydrogen) atoms.